The molecule has 3 aromatic rings. The molecule has 0 saturated carbocycles. The van der Waals surface area contributed by atoms with Crippen molar-refractivity contribution in [3.05, 3.63) is 53.8 Å². The maximum absolute atomic E-state index is 6.00. The summed E-state index contributed by atoms with van der Waals surface area (Å²) >= 11 is 7.68. The molecule has 0 bridgehead atoms. The van der Waals surface area contributed by atoms with Crippen LogP contribution in [0, 0.1) is 0 Å². The van der Waals surface area contributed by atoms with Crippen LogP contribution >= 0.6 is 23.4 Å². The summed E-state index contributed by atoms with van der Waals surface area (Å²) in [4.78, 5) is 9.69. The van der Waals surface area contributed by atoms with Gasteiger partial charge in [-0.3, -0.25) is 0 Å². The van der Waals surface area contributed by atoms with Gasteiger partial charge in [0.1, 0.15) is 5.82 Å². The van der Waals surface area contributed by atoms with Crippen LogP contribution < -0.4 is 5.32 Å². The first-order valence-corrected chi connectivity index (χ1v) is 7.70. The molecule has 0 aliphatic rings. The van der Waals surface area contributed by atoms with Gasteiger partial charge in [0.25, 0.3) is 0 Å². The number of nitrogens with zero attached hydrogens (tertiary/aromatic N) is 2. The molecule has 0 spiro atoms. The average Bonchev–Trinajstić information content (AvgIpc) is 2.47. The molecule has 3 rings (SSSR count). The Labute approximate surface area is 126 Å². The highest BCUT2D eigenvalue weighted by atomic mass is 35.5. The molecule has 0 saturated heterocycles. The summed E-state index contributed by atoms with van der Waals surface area (Å²) in [6, 6.07) is 15.9. The molecule has 0 unspecified atom stereocenters. The van der Waals surface area contributed by atoms with Crippen LogP contribution in [-0.4, -0.2) is 16.2 Å². The van der Waals surface area contributed by atoms with E-state index in [2.05, 4.69) is 21.4 Å². The van der Waals surface area contributed by atoms with Crippen molar-refractivity contribution in [2.24, 2.45) is 0 Å². The molecule has 3 nitrogen and oxygen atoms in total. The third-order valence-corrected chi connectivity index (χ3v) is 3.90. The first-order chi connectivity index (χ1) is 9.78. The summed E-state index contributed by atoms with van der Waals surface area (Å²) in [5.41, 5.74) is 1.84. The lowest BCUT2D eigenvalue weighted by Gasteiger charge is -2.11. The first-order valence-electron chi connectivity index (χ1n) is 6.10. The molecular weight excluding hydrogens is 290 g/mol. The number of para-hydroxylation sites is 2. The number of benzene rings is 2. The third-order valence-electron chi connectivity index (χ3n) is 2.94. The molecule has 0 aliphatic carbocycles. The minimum atomic E-state index is 0.243. The molecule has 1 aromatic heterocycles. The lowest BCUT2D eigenvalue weighted by atomic mass is 10.2. The van der Waals surface area contributed by atoms with Crippen molar-refractivity contribution in [2.75, 3.05) is 11.6 Å². The smallest absolute Gasteiger partial charge is 0.224 e. The van der Waals surface area contributed by atoms with Gasteiger partial charge in [-0.15, -0.1) is 11.8 Å². The van der Waals surface area contributed by atoms with Gasteiger partial charge in [-0.1, -0.05) is 24.3 Å². The first kappa shape index (κ1) is 13.2. The number of rotatable bonds is 3. The summed E-state index contributed by atoms with van der Waals surface area (Å²) in [6.45, 7) is 0. The minimum Gasteiger partial charge on any atom is -0.339 e. The van der Waals surface area contributed by atoms with E-state index in [0.717, 1.165) is 27.3 Å². The van der Waals surface area contributed by atoms with Gasteiger partial charge in [-0.25, -0.2) is 4.98 Å². The number of aromatic nitrogens is 2. The normalized spacial score (nSPS) is 10.7. The molecule has 0 atom stereocenters. The summed E-state index contributed by atoms with van der Waals surface area (Å²) in [5.74, 6) is 0.724. The SMILES string of the molecule is CSc1ccccc1Nc1nc(Cl)nc2ccccc12. The van der Waals surface area contributed by atoms with Crippen LogP contribution in [0.5, 0.6) is 0 Å². The maximum Gasteiger partial charge on any atom is 0.224 e. The summed E-state index contributed by atoms with van der Waals surface area (Å²) in [6.07, 6.45) is 2.05. The second kappa shape index (κ2) is 5.69. The standard InChI is InChI=1S/C15H12ClN3S/c1-20-13-9-5-4-8-12(13)17-14-10-6-2-3-7-11(10)18-15(16)19-14/h2-9H,1H3,(H,17,18,19). The third kappa shape index (κ3) is 2.57. The average molecular weight is 302 g/mol. The minimum absolute atomic E-state index is 0.243. The predicted molar refractivity (Wildman–Crippen MR) is 86.1 cm³/mol. The van der Waals surface area contributed by atoms with Crippen molar-refractivity contribution in [3.63, 3.8) is 0 Å². The number of thioether (sulfide) groups is 1. The van der Waals surface area contributed by atoms with Crippen LogP contribution in [0.2, 0.25) is 5.28 Å². The van der Waals surface area contributed by atoms with Gasteiger partial charge >= 0.3 is 0 Å². The topological polar surface area (TPSA) is 37.8 Å². The van der Waals surface area contributed by atoms with E-state index in [1.807, 2.05) is 48.7 Å². The van der Waals surface area contributed by atoms with Crippen molar-refractivity contribution >= 4 is 45.8 Å². The number of nitrogens with one attached hydrogen (secondary N) is 1. The Kier molecular flexibility index (Phi) is 3.76. The van der Waals surface area contributed by atoms with Crippen molar-refractivity contribution in [3.8, 4) is 0 Å². The molecule has 1 N–H and O–H groups in total. The van der Waals surface area contributed by atoms with Gasteiger partial charge in [0.05, 0.1) is 11.2 Å². The Hall–Kier alpha value is -1.78. The van der Waals surface area contributed by atoms with Crippen LogP contribution in [0.1, 0.15) is 0 Å². The zero-order valence-electron chi connectivity index (χ0n) is 10.8. The zero-order chi connectivity index (χ0) is 13.9. The van der Waals surface area contributed by atoms with Crippen molar-refractivity contribution in [1.82, 2.24) is 9.97 Å². The number of halogens is 1. The van der Waals surface area contributed by atoms with Crippen molar-refractivity contribution in [2.45, 2.75) is 4.90 Å². The largest absolute Gasteiger partial charge is 0.339 e. The van der Waals surface area contributed by atoms with E-state index in [1.54, 1.807) is 11.8 Å². The second-order valence-electron chi connectivity index (χ2n) is 4.18. The van der Waals surface area contributed by atoms with Gasteiger partial charge in [-0.05, 0) is 42.1 Å². The quantitative estimate of drug-likeness (QED) is 0.559. The van der Waals surface area contributed by atoms with E-state index in [0.29, 0.717) is 0 Å². The number of fused-ring (bicyclic) bond motifs is 1. The molecular formula is C15H12ClN3S. The molecule has 5 heteroatoms. The van der Waals surface area contributed by atoms with Gasteiger partial charge in [-0.2, -0.15) is 4.98 Å². The molecule has 0 aliphatic heterocycles. The van der Waals surface area contributed by atoms with E-state index in [9.17, 15) is 0 Å². The van der Waals surface area contributed by atoms with Crippen LogP contribution in [0.3, 0.4) is 0 Å². The number of hydrogen-bond donors (Lipinski definition) is 1. The van der Waals surface area contributed by atoms with E-state index in [4.69, 9.17) is 11.6 Å². The maximum atomic E-state index is 6.00. The Bertz CT molecular complexity index is 761. The summed E-state index contributed by atoms with van der Waals surface area (Å²) in [7, 11) is 0. The van der Waals surface area contributed by atoms with E-state index in [1.165, 1.54) is 0 Å². The second-order valence-corrected chi connectivity index (χ2v) is 5.37. The fourth-order valence-corrected chi connectivity index (χ4v) is 2.75. The van der Waals surface area contributed by atoms with Crippen molar-refractivity contribution in [1.29, 1.82) is 0 Å². The molecule has 20 heavy (non-hydrogen) atoms. The van der Waals surface area contributed by atoms with Gasteiger partial charge < -0.3 is 5.32 Å². The Balaban J connectivity index is 2.10. The molecule has 0 radical (unpaired) electrons. The van der Waals surface area contributed by atoms with Crippen LogP contribution in [-0.2, 0) is 0 Å². The van der Waals surface area contributed by atoms with Crippen LogP contribution in [0.15, 0.2) is 53.4 Å². The monoisotopic (exact) mass is 301 g/mol. The number of anilines is 2. The van der Waals surface area contributed by atoms with Crippen LogP contribution in [0.4, 0.5) is 11.5 Å². The Morgan fingerprint density at radius 2 is 1.75 bits per heavy atom. The molecule has 100 valence electrons. The molecule has 2 aromatic carbocycles. The predicted octanol–water partition coefficient (Wildman–Crippen LogP) is 4.75. The molecule has 1 heterocycles. The zero-order valence-corrected chi connectivity index (χ0v) is 12.4. The lowest BCUT2D eigenvalue weighted by molar-refractivity contribution is 1.21. The van der Waals surface area contributed by atoms with E-state index < -0.39 is 0 Å². The molecule has 0 fully saturated rings. The van der Waals surface area contributed by atoms with Gasteiger partial charge in [0, 0.05) is 10.3 Å². The lowest BCUT2D eigenvalue weighted by Crippen LogP contribution is -1.98. The van der Waals surface area contributed by atoms with E-state index in [-0.39, 0.29) is 5.28 Å². The Morgan fingerprint density at radius 3 is 2.60 bits per heavy atom. The van der Waals surface area contributed by atoms with Crippen molar-refractivity contribution < 1.29 is 0 Å². The summed E-state index contributed by atoms with van der Waals surface area (Å²) in [5, 5.41) is 4.55. The van der Waals surface area contributed by atoms with Gasteiger partial charge in [0.15, 0.2) is 0 Å². The van der Waals surface area contributed by atoms with Gasteiger partial charge in [0.2, 0.25) is 5.28 Å². The fraction of sp³-hybridized carbons (Fsp3) is 0.0667. The fourth-order valence-electron chi connectivity index (χ4n) is 2.02. The number of hydrogen-bond acceptors (Lipinski definition) is 4. The highest BCUT2D eigenvalue weighted by Crippen LogP contribution is 2.30. The summed E-state index contributed by atoms with van der Waals surface area (Å²) < 4.78 is 0. The highest BCUT2D eigenvalue weighted by Gasteiger charge is 2.08. The molecule has 0 amide bonds. The van der Waals surface area contributed by atoms with E-state index >= 15 is 0 Å². The Morgan fingerprint density at radius 1 is 1.00 bits per heavy atom. The van der Waals surface area contributed by atoms with Crippen LogP contribution in [0.25, 0.3) is 10.9 Å². The highest BCUT2D eigenvalue weighted by molar-refractivity contribution is 7.98.